The quantitative estimate of drug-likeness (QED) is 0.831. The Morgan fingerprint density at radius 3 is 2.77 bits per heavy atom. The Bertz CT molecular complexity index is 562. The number of amides is 1. The van der Waals surface area contributed by atoms with Crippen molar-refractivity contribution in [3.05, 3.63) is 34.9 Å². The fourth-order valence-electron chi connectivity index (χ4n) is 1.85. The summed E-state index contributed by atoms with van der Waals surface area (Å²) in [6.07, 6.45) is 0.699. The normalized spacial score (nSPS) is 27.5. The molecule has 2 unspecified atom stereocenters. The number of hydrogen-bond donors (Lipinski definition) is 2. The molecule has 2 rings (SSSR count). The van der Waals surface area contributed by atoms with E-state index in [-0.39, 0.29) is 12.5 Å². The third-order valence-corrected chi connectivity index (χ3v) is 3.82. The molecule has 7 heteroatoms. The van der Waals surface area contributed by atoms with E-state index in [0.717, 1.165) is 0 Å². The smallest absolute Gasteiger partial charge is 0.271 e. The molecule has 1 fully saturated rings. The first-order chi connectivity index (χ1) is 10.4. The topological polar surface area (TPSA) is 85.9 Å². The number of hydrazone groups is 1. The lowest BCUT2D eigenvalue weighted by atomic mass is 10.2. The molecule has 3 N–H and O–H groups in total. The van der Waals surface area contributed by atoms with Gasteiger partial charge in [-0.2, -0.15) is 5.10 Å². The standard InChI is InChI=1S/C15H20ClN3O3/c1-3-15(2)21-8-12(17)13(9-22-15)18-19-14(20)10-4-6-11(16)7-5-10/h4-7,12H,3,8-9,17H2,1-2H3,(H,19,20)/b18-13-. The predicted octanol–water partition coefficient (Wildman–Crippen LogP) is 1.93. The van der Waals surface area contributed by atoms with Gasteiger partial charge in [0.25, 0.3) is 5.91 Å². The Labute approximate surface area is 134 Å². The van der Waals surface area contributed by atoms with Crippen LogP contribution in [0, 0.1) is 0 Å². The van der Waals surface area contributed by atoms with Gasteiger partial charge >= 0.3 is 0 Å². The molecule has 120 valence electrons. The number of benzene rings is 1. The fourth-order valence-corrected chi connectivity index (χ4v) is 1.97. The molecule has 22 heavy (non-hydrogen) atoms. The van der Waals surface area contributed by atoms with Gasteiger partial charge in [0.05, 0.1) is 25.0 Å². The highest BCUT2D eigenvalue weighted by Gasteiger charge is 2.30. The lowest BCUT2D eigenvalue weighted by molar-refractivity contribution is -0.211. The van der Waals surface area contributed by atoms with E-state index in [1.165, 1.54) is 0 Å². The van der Waals surface area contributed by atoms with Crippen molar-refractivity contribution in [1.29, 1.82) is 0 Å². The number of halogens is 1. The highest BCUT2D eigenvalue weighted by molar-refractivity contribution is 6.30. The number of nitrogens with zero attached hydrogens (tertiary/aromatic N) is 1. The first kappa shape index (κ1) is 16.9. The third-order valence-electron chi connectivity index (χ3n) is 3.57. The maximum Gasteiger partial charge on any atom is 0.271 e. The summed E-state index contributed by atoms with van der Waals surface area (Å²) in [5, 5.41) is 4.64. The maximum atomic E-state index is 12.0. The maximum absolute atomic E-state index is 12.0. The zero-order valence-electron chi connectivity index (χ0n) is 12.6. The molecule has 1 aromatic carbocycles. The monoisotopic (exact) mass is 325 g/mol. The van der Waals surface area contributed by atoms with Crippen molar-refractivity contribution in [3.8, 4) is 0 Å². The van der Waals surface area contributed by atoms with E-state index in [4.69, 9.17) is 26.8 Å². The first-order valence-electron chi connectivity index (χ1n) is 7.09. The molecule has 1 aliphatic rings. The molecule has 0 bridgehead atoms. The second-order valence-electron chi connectivity index (χ2n) is 5.24. The highest BCUT2D eigenvalue weighted by atomic mass is 35.5. The van der Waals surface area contributed by atoms with Gasteiger partial charge in [0, 0.05) is 10.6 Å². The zero-order valence-corrected chi connectivity index (χ0v) is 13.4. The van der Waals surface area contributed by atoms with E-state index < -0.39 is 11.8 Å². The number of rotatable bonds is 3. The van der Waals surface area contributed by atoms with Crippen molar-refractivity contribution in [3.63, 3.8) is 0 Å². The molecule has 1 saturated heterocycles. The average molecular weight is 326 g/mol. The van der Waals surface area contributed by atoms with Crippen LogP contribution < -0.4 is 11.2 Å². The van der Waals surface area contributed by atoms with Gasteiger partial charge < -0.3 is 15.2 Å². The lowest BCUT2D eigenvalue weighted by Gasteiger charge is -2.26. The molecule has 1 heterocycles. The molecule has 0 aliphatic carbocycles. The average Bonchev–Trinajstić information content (AvgIpc) is 2.66. The minimum atomic E-state index is -0.672. The van der Waals surface area contributed by atoms with Crippen molar-refractivity contribution in [2.75, 3.05) is 13.2 Å². The summed E-state index contributed by atoms with van der Waals surface area (Å²) in [4.78, 5) is 12.0. The molecular formula is C15H20ClN3O3. The van der Waals surface area contributed by atoms with Gasteiger partial charge in [-0.1, -0.05) is 18.5 Å². The minimum Gasteiger partial charge on any atom is -0.348 e. The van der Waals surface area contributed by atoms with Crippen LogP contribution in [0.1, 0.15) is 30.6 Å². The molecule has 1 aliphatic heterocycles. The van der Waals surface area contributed by atoms with Crippen molar-refractivity contribution < 1.29 is 14.3 Å². The summed E-state index contributed by atoms with van der Waals surface area (Å²) in [6, 6.07) is 6.12. The summed E-state index contributed by atoms with van der Waals surface area (Å²) in [5.74, 6) is -1.01. The second-order valence-corrected chi connectivity index (χ2v) is 5.68. The number of hydrogen-bond acceptors (Lipinski definition) is 5. The van der Waals surface area contributed by atoms with E-state index >= 15 is 0 Å². The van der Waals surface area contributed by atoms with Crippen LogP contribution in [0.5, 0.6) is 0 Å². The van der Waals surface area contributed by atoms with E-state index in [9.17, 15) is 4.79 Å². The summed E-state index contributed by atoms with van der Waals surface area (Å²) in [6.45, 7) is 4.33. The Hall–Kier alpha value is -1.47. The molecule has 0 spiro atoms. The van der Waals surface area contributed by atoms with Crippen molar-refractivity contribution in [2.24, 2.45) is 10.8 Å². The number of carbonyl (C=O) groups excluding carboxylic acids is 1. The van der Waals surface area contributed by atoms with Gasteiger partial charge in [-0.25, -0.2) is 5.43 Å². The summed E-state index contributed by atoms with van der Waals surface area (Å²) >= 11 is 5.79. The van der Waals surface area contributed by atoms with Gasteiger partial charge in [0.1, 0.15) is 0 Å². The van der Waals surface area contributed by atoms with Crippen molar-refractivity contribution >= 4 is 23.2 Å². The number of ether oxygens (including phenoxy) is 2. The van der Waals surface area contributed by atoms with Gasteiger partial charge in [0.2, 0.25) is 0 Å². The van der Waals surface area contributed by atoms with Crippen LogP contribution in [0.2, 0.25) is 5.02 Å². The van der Waals surface area contributed by atoms with E-state index in [1.54, 1.807) is 24.3 Å². The van der Waals surface area contributed by atoms with E-state index in [0.29, 0.717) is 29.3 Å². The Morgan fingerprint density at radius 1 is 1.45 bits per heavy atom. The number of nitrogens with one attached hydrogen (secondary N) is 1. The molecular weight excluding hydrogens is 306 g/mol. The molecule has 0 saturated carbocycles. The van der Waals surface area contributed by atoms with Crippen LogP contribution in [0.25, 0.3) is 0 Å². The predicted molar refractivity (Wildman–Crippen MR) is 84.9 cm³/mol. The Kier molecular flexibility index (Phi) is 5.52. The summed E-state index contributed by atoms with van der Waals surface area (Å²) in [5.41, 5.74) is 9.48. The summed E-state index contributed by atoms with van der Waals surface area (Å²) < 4.78 is 11.3. The molecule has 2 atom stereocenters. The molecule has 0 aromatic heterocycles. The number of carbonyl (C=O) groups is 1. The Balaban J connectivity index is 2.02. The molecule has 0 radical (unpaired) electrons. The van der Waals surface area contributed by atoms with Crippen molar-refractivity contribution in [2.45, 2.75) is 32.1 Å². The second kappa shape index (κ2) is 7.19. The van der Waals surface area contributed by atoms with Gasteiger partial charge in [-0.05, 0) is 37.6 Å². The van der Waals surface area contributed by atoms with E-state index in [1.807, 2.05) is 13.8 Å². The van der Waals surface area contributed by atoms with Crippen LogP contribution in [-0.4, -0.2) is 36.7 Å². The zero-order chi connectivity index (χ0) is 16.2. The van der Waals surface area contributed by atoms with Crippen molar-refractivity contribution in [1.82, 2.24) is 5.43 Å². The van der Waals surface area contributed by atoms with Crippen LogP contribution >= 0.6 is 11.6 Å². The summed E-state index contributed by atoms with van der Waals surface area (Å²) in [7, 11) is 0. The third kappa shape index (κ3) is 4.27. The highest BCUT2D eigenvalue weighted by Crippen LogP contribution is 2.20. The SMILES string of the molecule is CCC1(C)OC/C(=N/NC(=O)c2ccc(Cl)cc2)C(N)CO1. The van der Waals surface area contributed by atoms with Crippen LogP contribution in [-0.2, 0) is 9.47 Å². The Morgan fingerprint density at radius 2 is 2.14 bits per heavy atom. The first-order valence-corrected chi connectivity index (χ1v) is 7.47. The largest absolute Gasteiger partial charge is 0.348 e. The molecule has 6 nitrogen and oxygen atoms in total. The van der Waals surface area contributed by atoms with Gasteiger partial charge in [0.15, 0.2) is 5.79 Å². The van der Waals surface area contributed by atoms with Gasteiger partial charge in [-0.3, -0.25) is 4.79 Å². The minimum absolute atomic E-state index is 0.215. The fraction of sp³-hybridized carbons (Fsp3) is 0.467. The molecule has 1 aromatic rings. The van der Waals surface area contributed by atoms with Gasteiger partial charge in [-0.15, -0.1) is 0 Å². The molecule has 1 amide bonds. The number of nitrogens with two attached hydrogens (primary N) is 1. The van der Waals surface area contributed by atoms with Crippen LogP contribution in [0.15, 0.2) is 29.4 Å². The van der Waals surface area contributed by atoms with E-state index in [2.05, 4.69) is 10.5 Å². The van der Waals surface area contributed by atoms with Crippen LogP contribution in [0.3, 0.4) is 0 Å². The van der Waals surface area contributed by atoms with Crippen LogP contribution in [0.4, 0.5) is 0 Å². The lowest BCUT2D eigenvalue weighted by Crippen LogP contribution is -2.37.